The molecule has 0 saturated carbocycles. The molecular formula is C7H8O2. The molecule has 0 aliphatic heterocycles. The summed E-state index contributed by atoms with van der Waals surface area (Å²) in [5.41, 5.74) is 1.34. The molecule has 9 heavy (non-hydrogen) atoms. The number of hydrogen-bond donors (Lipinski definition) is 0. The highest BCUT2D eigenvalue weighted by molar-refractivity contribution is 6.03. The lowest BCUT2D eigenvalue weighted by molar-refractivity contribution is -0.115. The first-order valence-electron chi connectivity index (χ1n) is 2.94. The van der Waals surface area contributed by atoms with Crippen molar-refractivity contribution < 1.29 is 9.59 Å². The lowest BCUT2D eigenvalue weighted by atomic mass is 10.2. The number of carbonyl (C=O) groups is 2. The van der Waals surface area contributed by atoms with Gasteiger partial charge < -0.3 is 0 Å². The van der Waals surface area contributed by atoms with Crippen molar-refractivity contribution in [2.75, 3.05) is 0 Å². The summed E-state index contributed by atoms with van der Waals surface area (Å²) in [6.07, 6.45) is 1.95. The van der Waals surface area contributed by atoms with Crippen molar-refractivity contribution in [3.8, 4) is 0 Å². The lowest BCUT2D eigenvalue weighted by Gasteiger charge is -1.85. The van der Waals surface area contributed by atoms with E-state index in [9.17, 15) is 9.59 Å². The molecule has 0 N–H and O–H groups in total. The number of allylic oxidation sites excluding steroid dienone is 2. The van der Waals surface area contributed by atoms with Gasteiger partial charge >= 0.3 is 0 Å². The Bertz CT molecular complexity index is 189. The van der Waals surface area contributed by atoms with Crippen molar-refractivity contribution in [1.82, 2.24) is 0 Å². The minimum atomic E-state index is 0.122. The summed E-state index contributed by atoms with van der Waals surface area (Å²) < 4.78 is 0. The van der Waals surface area contributed by atoms with E-state index in [0.29, 0.717) is 24.0 Å². The van der Waals surface area contributed by atoms with E-state index < -0.39 is 0 Å². The van der Waals surface area contributed by atoms with E-state index >= 15 is 0 Å². The van der Waals surface area contributed by atoms with Crippen molar-refractivity contribution in [1.29, 1.82) is 0 Å². The highest BCUT2D eigenvalue weighted by Gasteiger charge is 2.17. The standard InChI is InChI=1S/C7H8O2/c1-5-6(4-8)2-3-7(5)9/h4H,2-3H2,1H3. The average molecular weight is 124 g/mol. The minimum absolute atomic E-state index is 0.122. The molecule has 0 fully saturated rings. The van der Waals surface area contributed by atoms with E-state index in [-0.39, 0.29) is 5.78 Å². The van der Waals surface area contributed by atoms with E-state index in [1.807, 2.05) is 0 Å². The van der Waals surface area contributed by atoms with Gasteiger partial charge in [0.15, 0.2) is 5.78 Å². The van der Waals surface area contributed by atoms with Crippen molar-refractivity contribution in [2.24, 2.45) is 0 Å². The maximum Gasteiger partial charge on any atom is 0.159 e. The molecule has 0 aromatic carbocycles. The largest absolute Gasteiger partial charge is 0.298 e. The normalized spacial score (nSPS) is 19.0. The van der Waals surface area contributed by atoms with Crippen molar-refractivity contribution in [3.05, 3.63) is 11.1 Å². The Labute approximate surface area is 53.6 Å². The van der Waals surface area contributed by atoms with Crippen LogP contribution in [0.2, 0.25) is 0 Å². The molecule has 0 atom stereocenters. The number of hydrogen-bond acceptors (Lipinski definition) is 2. The molecule has 1 aliphatic carbocycles. The van der Waals surface area contributed by atoms with Crippen LogP contribution in [0.25, 0.3) is 0 Å². The second kappa shape index (κ2) is 2.13. The van der Waals surface area contributed by atoms with Gasteiger partial charge in [-0.3, -0.25) is 9.59 Å². The molecular weight excluding hydrogens is 116 g/mol. The Morgan fingerprint density at radius 1 is 1.44 bits per heavy atom. The quantitative estimate of drug-likeness (QED) is 0.486. The maximum atomic E-state index is 10.7. The van der Waals surface area contributed by atoms with Crippen LogP contribution in [0.3, 0.4) is 0 Å². The molecule has 1 aliphatic rings. The first-order valence-corrected chi connectivity index (χ1v) is 2.94. The Morgan fingerprint density at radius 2 is 2.11 bits per heavy atom. The Morgan fingerprint density at radius 3 is 2.33 bits per heavy atom. The Balaban J connectivity index is 2.92. The van der Waals surface area contributed by atoms with Crippen LogP contribution in [-0.2, 0) is 9.59 Å². The van der Waals surface area contributed by atoms with Crippen molar-refractivity contribution in [3.63, 3.8) is 0 Å². The van der Waals surface area contributed by atoms with Crippen molar-refractivity contribution >= 4 is 12.1 Å². The monoisotopic (exact) mass is 124 g/mol. The summed E-state index contributed by atoms with van der Waals surface area (Å²) in [6, 6.07) is 0. The van der Waals surface area contributed by atoms with Crippen LogP contribution in [0, 0.1) is 0 Å². The minimum Gasteiger partial charge on any atom is -0.298 e. The Kier molecular flexibility index (Phi) is 1.47. The van der Waals surface area contributed by atoms with E-state index in [4.69, 9.17) is 0 Å². The van der Waals surface area contributed by atoms with Gasteiger partial charge in [-0.2, -0.15) is 0 Å². The van der Waals surface area contributed by atoms with Crippen molar-refractivity contribution in [2.45, 2.75) is 19.8 Å². The number of ketones is 1. The predicted molar refractivity (Wildman–Crippen MR) is 33.0 cm³/mol. The van der Waals surface area contributed by atoms with Crippen LogP contribution >= 0.6 is 0 Å². The third kappa shape index (κ3) is 0.922. The average Bonchev–Trinajstić information content (AvgIpc) is 2.15. The fourth-order valence-electron chi connectivity index (χ4n) is 0.950. The fourth-order valence-corrected chi connectivity index (χ4v) is 0.950. The van der Waals surface area contributed by atoms with Crippen LogP contribution in [0.4, 0.5) is 0 Å². The van der Waals surface area contributed by atoms with Gasteiger partial charge in [0.25, 0.3) is 0 Å². The highest BCUT2D eigenvalue weighted by Crippen LogP contribution is 2.19. The van der Waals surface area contributed by atoms with E-state index in [0.717, 1.165) is 6.29 Å². The third-order valence-corrected chi connectivity index (χ3v) is 1.66. The van der Waals surface area contributed by atoms with Gasteiger partial charge in [0.1, 0.15) is 6.29 Å². The van der Waals surface area contributed by atoms with Gasteiger partial charge in [0.05, 0.1) is 0 Å². The number of carbonyl (C=O) groups excluding carboxylic acids is 2. The van der Waals surface area contributed by atoms with Crippen LogP contribution in [0.5, 0.6) is 0 Å². The van der Waals surface area contributed by atoms with Crippen LogP contribution in [-0.4, -0.2) is 12.1 Å². The molecule has 0 heterocycles. The molecule has 0 aromatic heterocycles. The van der Waals surface area contributed by atoms with E-state index in [2.05, 4.69) is 0 Å². The molecule has 0 bridgehead atoms. The number of aldehydes is 1. The zero-order valence-corrected chi connectivity index (χ0v) is 5.31. The zero-order chi connectivity index (χ0) is 6.85. The number of Topliss-reactive ketones (excluding diaryl/α,β-unsaturated/α-hetero) is 1. The van der Waals surface area contributed by atoms with Gasteiger partial charge in [0.2, 0.25) is 0 Å². The van der Waals surface area contributed by atoms with E-state index in [1.54, 1.807) is 6.92 Å². The second-order valence-corrected chi connectivity index (χ2v) is 2.19. The molecule has 2 nitrogen and oxygen atoms in total. The molecule has 2 heteroatoms. The summed E-state index contributed by atoms with van der Waals surface area (Å²) in [4.78, 5) is 20.9. The topological polar surface area (TPSA) is 34.1 Å². The predicted octanol–water partition coefficient (Wildman–Crippen LogP) is 0.865. The second-order valence-electron chi connectivity index (χ2n) is 2.19. The lowest BCUT2D eigenvalue weighted by Crippen LogP contribution is -1.90. The molecule has 0 radical (unpaired) electrons. The SMILES string of the molecule is CC1=C(C=O)CCC1=O. The van der Waals surface area contributed by atoms with Crippen LogP contribution < -0.4 is 0 Å². The molecule has 0 spiro atoms. The fraction of sp³-hybridized carbons (Fsp3) is 0.429. The summed E-state index contributed by atoms with van der Waals surface area (Å²) in [5.74, 6) is 0.122. The van der Waals surface area contributed by atoms with Gasteiger partial charge in [-0.1, -0.05) is 0 Å². The molecule has 48 valence electrons. The summed E-state index contributed by atoms with van der Waals surface area (Å²) in [6.45, 7) is 1.71. The van der Waals surface area contributed by atoms with Gasteiger partial charge in [-0.05, 0) is 24.5 Å². The first-order chi connectivity index (χ1) is 4.25. The molecule has 0 aromatic rings. The third-order valence-electron chi connectivity index (χ3n) is 1.66. The van der Waals surface area contributed by atoms with Gasteiger partial charge in [0, 0.05) is 6.42 Å². The van der Waals surface area contributed by atoms with Crippen LogP contribution in [0.15, 0.2) is 11.1 Å². The summed E-state index contributed by atoms with van der Waals surface area (Å²) >= 11 is 0. The molecule has 0 amide bonds. The zero-order valence-electron chi connectivity index (χ0n) is 5.31. The molecule has 0 saturated heterocycles. The first kappa shape index (κ1) is 6.20. The highest BCUT2D eigenvalue weighted by atomic mass is 16.1. The summed E-state index contributed by atoms with van der Waals surface area (Å²) in [7, 11) is 0. The molecule has 1 rings (SSSR count). The van der Waals surface area contributed by atoms with Gasteiger partial charge in [-0.15, -0.1) is 0 Å². The molecule has 0 unspecified atom stereocenters. The van der Waals surface area contributed by atoms with Crippen LogP contribution in [0.1, 0.15) is 19.8 Å². The number of rotatable bonds is 1. The smallest absolute Gasteiger partial charge is 0.159 e. The maximum absolute atomic E-state index is 10.7. The van der Waals surface area contributed by atoms with E-state index in [1.165, 1.54) is 0 Å². The summed E-state index contributed by atoms with van der Waals surface area (Å²) in [5, 5.41) is 0. The van der Waals surface area contributed by atoms with Gasteiger partial charge in [-0.25, -0.2) is 0 Å². The Hall–Kier alpha value is -0.920.